The first-order chi connectivity index (χ1) is 7.85. The number of halogens is 3. The van der Waals surface area contributed by atoms with E-state index < -0.39 is 18.8 Å². The number of alkyl halides is 3. The van der Waals surface area contributed by atoms with Gasteiger partial charge in [0.15, 0.2) is 0 Å². The van der Waals surface area contributed by atoms with Crippen LogP contribution in [0.25, 0.3) is 0 Å². The number of benzene rings is 1. The van der Waals surface area contributed by atoms with Gasteiger partial charge in [0.1, 0.15) is 5.75 Å². The van der Waals surface area contributed by atoms with Crippen LogP contribution in [0.1, 0.15) is 24.9 Å². The molecule has 0 aliphatic heterocycles. The third kappa shape index (κ3) is 3.93. The van der Waals surface area contributed by atoms with Crippen LogP contribution in [0, 0.1) is 0 Å². The summed E-state index contributed by atoms with van der Waals surface area (Å²) in [6.45, 7) is 0.809. The Hall–Kier alpha value is -1.23. The van der Waals surface area contributed by atoms with Crippen LogP contribution >= 0.6 is 0 Å². The van der Waals surface area contributed by atoms with Crippen LogP contribution in [0.5, 0.6) is 5.75 Å². The lowest BCUT2D eigenvalue weighted by molar-refractivity contribution is -0.147. The largest absolute Gasteiger partial charge is 0.508 e. The standard InChI is InChI=1S/C12H16F3NO/c1-3-10(16(2)8-12(13,14)15)9-6-4-5-7-11(9)17/h4-7,10,17H,3,8H2,1-2H3. The lowest BCUT2D eigenvalue weighted by atomic mass is 10.0. The smallest absolute Gasteiger partial charge is 0.401 e. The zero-order valence-corrected chi connectivity index (χ0v) is 9.83. The molecule has 1 N–H and O–H groups in total. The molecule has 0 saturated heterocycles. The molecule has 1 aromatic rings. The first-order valence-electron chi connectivity index (χ1n) is 5.40. The molecule has 1 rings (SSSR count). The van der Waals surface area contributed by atoms with Crippen LogP contribution in [0.4, 0.5) is 13.2 Å². The number of nitrogens with zero attached hydrogens (tertiary/aromatic N) is 1. The van der Waals surface area contributed by atoms with Gasteiger partial charge in [-0.25, -0.2) is 0 Å². The minimum atomic E-state index is -4.23. The molecule has 17 heavy (non-hydrogen) atoms. The number of phenolic OH excluding ortho intramolecular Hbond substituents is 1. The van der Waals surface area contributed by atoms with Gasteiger partial charge in [0.2, 0.25) is 0 Å². The zero-order chi connectivity index (χ0) is 13.1. The second-order valence-corrected chi connectivity index (χ2v) is 4.01. The molecule has 0 fully saturated rings. The molecule has 96 valence electrons. The minimum Gasteiger partial charge on any atom is -0.508 e. The summed E-state index contributed by atoms with van der Waals surface area (Å²) < 4.78 is 36.9. The maximum Gasteiger partial charge on any atom is 0.401 e. The first-order valence-corrected chi connectivity index (χ1v) is 5.40. The average Bonchev–Trinajstić information content (AvgIpc) is 2.19. The molecule has 0 bridgehead atoms. The van der Waals surface area contributed by atoms with Crippen molar-refractivity contribution in [2.24, 2.45) is 0 Å². The number of phenols is 1. The van der Waals surface area contributed by atoms with Crippen molar-refractivity contribution < 1.29 is 18.3 Å². The highest BCUT2D eigenvalue weighted by Gasteiger charge is 2.32. The van der Waals surface area contributed by atoms with Gasteiger partial charge in [-0.2, -0.15) is 13.2 Å². The predicted octanol–water partition coefficient (Wildman–Crippen LogP) is 3.34. The van der Waals surface area contributed by atoms with Crippen LogP contribution in [-0.4, -0.2) is 29.8 Å². The van der Waals surface area contributed by atoms with E-state index in [9.17, 15) is 18.3 Å². The van der Waals surface area contributed by atoms with E-state index in [1.54, 1.807) is 25.1 Å². The van der Waals surface area contributed by atoms with Crippen molar-refractivity contribution >= 4 is 0 Å². The maximum absolute atomic E-state index is 12.3. The van der Waals surface area contributed by atoms with E-state index in [0.717, 1.165) is 0 Å². The molecule has 0 radical (unpaired) electrons. The summed E-state index contributed by atoms with van der Waals surface area (Å²) in [5, 5.41) is 9.65. The molecule has 0 amide bonds. The molecule has 1 aromatic carbocycles. The van der Waals surface area contributed by atoms with Gasteiger partial charge < -0.3 is 5.11 Å². The summed E-state index contributed by atoms with van der Waals surface area (Å²) in [5.41, 5.74) is 0.529. The average molecular weight is 247 g/mol. The Morgan fingerprint density at radius 1 is 1.29 bits per heavy atom. The van der Waals surface area contributed by atoms with Gasteiger partial charge in [0.05, 0.1) is 6.54 Å². The van der Waals surface area contributed by atoms with Crippen molar-refractivity contribution in [3.8, 4) is 5.75 Å². The monoisotopic (exact) mass is 247 g/mol. The number of para-hydroxylation sites is 1. The molecule has 1 atom stereocenters. The summed E-state index contributed by atoms with van der Waals surface area (Å²) in [6, 6.07) is 6.06. The fourth-order valence-corrected chi connectivity index (χ4v) is 1.93. The normalized spacial score (nSPS) is 14.0. The van der Waals surface area contributed by atoms with E-state index in [1.165, 1.54) is 18.0 Å². The Labute approximate surface area is 98.7 Å². The SMILES string of the molecule is CCC(c1ccccc1O)N(C)CC(F)(F)F. The Morgan fingerprint density at radius 2 is 1.88 bits per heavy atom. The topological polar surface area (TPSA) is 23.5 Å². The summed E-state index contributed by atoms with van der Waals surface area (Å²) in [6.07, 6.45) is -3.73. The quantitative estimate of drug-likeness (QED) is 0.882. The summed E-state index contributed by atoms with van der Waals surface area (Å²) in [4.78, 5) is 1.20. The Kier molecular flexibility index (Phi) is 4.40. The Bertz CT molecular complexity index is 365. The van der Waals surface area contributed by atoms with Gasteiger partial charge in [0.25, 0.3) is 0 Å². The Balaban J connectivity index is 2.89. The molecule has 2 nitrogen and oxygen atoms in total. The third-order valence-electron chi connectivity index (χ3n) is 2.64. The molecule has 0 aliphatic carbocycles. The van der Waals surface area contributed by atoms with Crippen molar-refractivity contribution in [1.29, 1.82) is 0 Å². The van der Waals surface area contributed by atoms with Crippen LogP contribution in [-0.2, 0) is 0 Å². The van der Waals surface area contributed by atoms with E-state index in [0.29, 0.717) is 12.0 Å². The summed E-state index contributed by atoms with van der Waals surface area (Å²) in [7, 11) is 1.41. The molecular weight excluding hydrogens is 231 g/mol. The third-order valence-corrected chi connectivity index (χ3v) is 2.64. The lowest BCUT2D eigenvalue weighted by Gasteiger charge is -2.28. The van der Waals surface area contributed by atoms with Crippen molar-refractivity contribution in [1.82, 2.24) is 4.90 Å². The van der Waals surface area contributed by atoms with Gasteiger partial charge in [0, 0.05) is 11.6 Å². The fourth-order valence-electron chi connectivity index (χ4n) is 1.93. The van der Waals surface area contributed by atoms with Crippen molar-refractivity contribution in [2.45, 2.75) is 25.6 Å². The number of rotatable bonds is 4. The number of aromatic hydroxyl groups is 1. The van der Waals surface area contributed by atoms with Crippen molar-refractivity contribution in [2.75, 3.05) is 13.6 Å². The van der Waals surface area contributed by atoms with Crippen molar-refractivity contribution in [3.05, 3.63) is 29.8 Å². The number of hydrogen-bond donors (Lipinski definition) is 1. The molecule has 0 spiro atoms. The highest BCUT2D eigenvalue weighted by atomic mass is 19.4. The maximum atomic E-state index is 12.3. The minimum absolute atomic E-state index is 0.0355. The fraction of sp³-hybridized carbons (Fsp3) is 0.500. The number of hydrogen-bond acceptors (Lipinski definition) is 2. The lowest BCUT2D eigenvalue weighted by Crippen LogP contribution is -2.34. The second kappa shape index (κ2) is 5.40. The second-order valence-electron chi connectivity index (χ2n) is 4.01. The predicted molar refractivity (Wildman–Crippen MR) is 59.8 cm³/mol. The highest BCUT2D eigenvalue weighted by molar-refractivity contribution is 5.34. The zero-order valence-electron chi connectivity index (χ0n) is 9.83. The van der Waals surface area contributed by atoms with Crippen LogP contribution in [0.3, 0.4) is 0 Å². The van der Waals surface area contributed by atoms with E-state index in [4.69, 9.17) is 0 Å². The molecule has 0 heterocycles. The van der Waals surface area contributed by atoms with Gasteiger partial charge in [-0.1, -0.05) is 25.1 Å². The highest BCUT2D eigenvalue weighted by Crippen LogP contribution is 2.31. The van der Waals surface area contributed by atoms with Gasteiger partial charge in [-0.3, -0.25) is 4.90 Å². The van der Waals surface area contributed by atoms with Gasteiger partial charge >= 0.3 is 6.18 Å². The summed E-state index contributed by atoms with van der Waals surface area (Å²) in [5.74, 6) is 0.0355. The molecule has 0 aliphatic rings. The summed E-state index contributed by atoms with van der Waals surface area (Å²) >= 11 is 0. The molecule has 5 heteroatoms. The van der Waals surface area contributed by atoms with Crippen LogP contribution in [0.15, 0.2) is 24.3 Å². The van der Waals surface area contributed by atoms with E-state index in [2.05, 4.69) is 0 Å². The van der Waals surface area contributed by atoms with Crippen molar-refractivity contribution in [3.63, 3.8) is 0 Å². The van der Waals surface area contributed by atoms with Crippen LogP contribution in [0.2, 0.25) is 0 Å². The van der Waals surface area contributed by atoms with Gasteiger partial charge in [-0.15, -0.1) is 0 Å². The molecular formula is C12H16F3NO. The van der Waals surface area contributed by atoms with Gasteiger partial charge in [-0.05, 0) is 19.5 Å². The molecule has 1 unspecified atom stereocenters. The Morgan fingerprint density at radius 3 is 2.35 bits per heavy atom. The first kappa shape index (κ1) is 13.8. The van der Waals surface area contributed by atoms with E-state index >= 15 is 0 Å². The van der Waals surface area contributed by atoms with E-state index in [-0.39, 0.29) is 5.75 Å². The van der Waals surface area contributed by atoms with E-state index in [1.807, 2.05) is 0 Å². The van der Waals surface area contributed by atoms with Crippen LogP contribution < -0.4 is 0 Å². The molecule has 0 saturated carbocycles. The molecule has 0 aromatic heterocycles.